The molecule has 0 spiro atoms. The number of carbonyl (C=O) groups is 1. The van der Waals surface area contributed by atoms with Crippen molar-refractivity contribution in [1.29, 1.82) is 0 Å². The number of aliphatic hydroxyl groups excluding tert-OH is 1. The molecule has 0 fully saturated rings. The van der Waals surface area contributed by atoms with Gasteiger partial charge in [-0.3, -0.25) is 0 Å². The Balaban J connectivity index is 3.06. The van der Waals surface area contributed by atoms with E-state index in [1.165, 1.54) is 7.11 Å². The van der Waals surface area contributed by atoms with Gasteiger partial charge in [0.15, 0.2) is 0 Å². The molecular formula is C8H12O4. The standard InChI is InChI=1S/C8H12O4/c1-5-6(4-9)8(2,11-3)12-7(5)10/h9H,4H2,1-3H3/t8-/m0/s1. The summed E-state index contributed by atoms with van der Waals surface area (Å²) in [6, 6.07) is 0. The Morgan fingerprint density at radius 1 is 1.67 bits per heavy atom. The van der Waals surface area contributed by atoms with Crippen molar-refractivity contribution in [1.82, 2.24) is 0 Å². The molecule has 1 heterocycles. The minimum absolute atomic E-state index is 0.220. The molecule has 68 valence electrons. The van der Waals surface area contributed by atoms with Crippen LogP contribution in [-0.4, -0.2) is 30.6 Å². The fourth-order valence-corrected chi connectivity index (χ4v) is 1.21. The molecule has 1 rings (SSSR count). The highest BCUT2D eigenvalue weighted by Crippen LogP contribution is 2.32. The number of cyclic esters (lactones) is 1. The molecule has 4 heteroatoms. The molecule has 12 heavy (non-hydrogen) atoms. The first-order valence-corrected chi connectivity index (χ1v) is 3.64. The molecule has 1 N–H and O–H groups in total. The maximum Gasteiger partial charge on any atom is 0.336 e. The summed E-state index contributed by atoms with van der Waals surface area (Å²) in [5.41, 5.74) is 0.928. The summed E-state index contributed by atoms with van der Waals surface area (Å²) in [6.45, 7) is 2.99. The second-order valence-corrected chi connectivity index (χ2v) is 2.80. The minimum Gasteiger partial charge on any atom is -0.426 e. The summed E-state index contributed by atoms with van der Waals surface area (Å²) in [5.74, 6) is -1.50. The van der Waals surface area contributed by atoms with Crippen molar-refractivity contribution in [2.24, 2.45) is 0 Å². The molecule has 4 nitrogen and oxygen atoms in total. The van der Waals surface area contributed by atoms with E-state index in [9.17, 15) is 4.79 Å². The molecule has 1 aliphatic heterocycles. The third-order valence-corrected chi connectivity index (χ3v) is 2.14. The van der Waals surface area contributed by atoms with Crippen LogP contribution in [0.4, 0.5) is 0 Å². The minimum atomic E-state index is -1.07. The van der Waals surface area contributed by atoms with Gasteiger partial charge in [0, 0.05) is 25.2 Å². The molecule has 0 saturated carbocycles. The molecule has 0 amide bonds. The highest BCUT2D eigenvalue weighted by Gasteiger charge is 2.41. The van der Waals surface area contributed by atoms with Crippen LogP contribution < -0.4 is 0 Å². The SMILES string of the molecule is CO[C@@]1(C)OC(=O)C(C)=C1CO. The predicted octanol–water partition coefficient (Wildman–Crippen LogP) is 0.215. The molecule has 0 aromatic carbocycles. The average molecular weight is 172 g/mol. The van der Waals surface area contributed by atoms with Gasteiger partial charge in [-0.1, -0.05) is 0 Å². The topological polar surface area (TPSA) is 55.8 Å². The maximum atomic E-state index is 11.0. The van der Waals surface area contributed by atoms with Crippen molar-refractivity contribution in [2.45, 2.75) is 19.6 Å². The van der Waals surface area contributed by atoms with E-state index in [2.05, 4.69) is 0 Å². The van der Waals surface area contributed by atoms with Crippen LogP contribution in [0.15, 0.2) is 11.1 Å². The number of rotatable bonds is 2. The zero-order valence-corrected chi connectivity index (χ0v) is 7.38. The Morgan fingerprint density at radius 3 is 2.58 bits per heavy atom. The molecule has 0 aromatic rings. The van der Waals surface area contributed by atoms with E-state index in [1.54, 1.807) is 13.8 Å². The van der Waals surface area contributed by atoms with Gasteiger partial charge < -0.3 is 14.6 Å². The lowest BCUT2D eigenvalue weighted by Crippen LogP contribution is -2.31. The van der Waals surface area contributed by atoms with Gasteiger partial charge in [-0.15, -0.1) is 0 Å². The molecule has 0 unspecified atom stereocenters. The zero-order valence-electron chi connectivity index (χ0n) is 7.38. The summed E-state index contributed by atoms with van der Waals surface area (Å²) in [4.78, 5) is 11.0. The summed E-state index contributed by atoms with van der Waals surface area (Å²) >= 11 is 0. The average Bonchev–Trinajstić information content (AvgIpc) is 2.25. The van der Waals surface area contributed by atoms with Crippen molar-refractivity contribution in [3.63, 3.8) is 0 Å². The summed E-state index contributed by atoms with van der Waals surface area (Å²) in [7, 11) is 1.43. The van der Waals surface area contributed by atoms with Crippen LogP contribution >= 0.6 is 0 Å². The monoisotopic (exact) mass is 172 g/mol. The highest BCUT2D eigenvalue weighted by molar-refractivity contribution is 5.92. The molecule has 0 aliphatic carbocycles. The lowest BCUT2D eigenvalue weighted by atomic mass is 10.1. The Labute approximate surface area is 70.8 Å². The van der Waals surface area contributed by atoms with Crippen LogP contribution in [0.2, 0.25) is 0 Å². The number of carbonyl (C=O) groups excluding carboxylic acids is 1. The summed E-state index contributed by atoms with van der Waals surface area (Å²) < 4.78 is 9.90. The molecule has 0 saturated heterocycles. The number of esters is 1. The van der Waals surface area contributed by atoms with Crippen LogP contribution in [0.1, 0.15) is 13.8 Å². The van der Waals surface area contributed by atoms with Gasteiger partial charge in [0.2, 0.25) is 5.79 Å². The van der Waals surface area contributed by atoms with Gasteiger partial charge in [-0.05, 0) is 6.92 Å². The molecule has 0 radical (unpaired) electrons. The van der Waals surface area contributed by atoms with Crippen molar-refractivity contribution in [2.75, 3.05) is 13.7 Å². The van der Waals surface area contributed by atoms with E-state index in [-0.39, 0.29) is 6.61 Å². The number of hydrogen-bond acceptors (Lipinski definition) is 4. The van der Waals surface area contributed by atoms with E-state index >= 15 is 0 Å². The van der Waals surface area contributed by atoms with Gasteiger partial charge in [0.25, 0.3) is 0 Å². The second kappa shape index (κ2) is 2.88. The summed E-state index contributed by atoms with van der Waals surface area (Å²) in [5, 5.41) is 8.95. The molecular weight excluding hydrogens is 160 g/mol. The van der Waals surface area contributed by atoms with Gasteiger partial charge in [0.05, 0.1) is 6.61 Å². The lowest BCUT2D eigenvalue weighted by molar-refractivity contribution is -0.186. The molecule has 1 aliphatic rings. The quantitative estimate of drug-likeness (QED) is 0.605. The maximum absolute atomic E-state index is 11.0. The molecule has 0 bridgehead atoms. The number of aliphatic hydroxyl groups is 1. The van der Waals surface area contributed by atoms with Crippen LogP contribution in [0.3, 0.4) is 0 Å². The van der Waals surface area contributed by atoms with Gasteiger partial charge in [0.1, 0.15) is 0 Å². The first kappa shape index (κ1) is 9.22. The van der Waals surface area contributed by atoms with E-state index in [1.807, 2.05) is 0 Å². The van der Waals surface area contributed by atoms with E-state index in [4.69, 9.17) is 14.6 Å². The first-order valence-electron chi connectivity index (χ1n) is 3.64. The third kappa shape index (κ3) is 1.13. The van der Waals surface area contributed by atoms with Crippen molar-refractivity contribution < 1.29 is 19.4 Å². The van der Waals surface area contributed by atoms with Crippen LogP contribution in [0, 0.1) is 0 Å². The summed E-state index contributed by atoms with van der Waals surface area (Å²) in [6.07, 6.45) is 0. The van der Waals surface area contributed by atoms with Gasteiger partial charge >= 0.3 is 5.97 Å². The lowest BCUT2D eigenvalue weighted by Gasteiger charge is -2.23. The molecule has 0 aromatic heterocycles. The second-order valence-electron chi connectivity index (χ2n) is 2.80. The number of methoxy groups -OCH3 is 1. The van der Waals surface area contributed by atoms with E-state index < -0.39 is 11.8 Å². The Morgan fingerprint density at radius 2 is 2.25 bits per heavy atom. The number of hydrogen-bond donors (Lipinski definition) is 1. The Kier molecular flexibility index (Phi) is 2.21. The predicted molar refractivity (Wildman–Crippen MR) is 41.3 cm³/mol. The fraction of sp³-hybridized carbons (Fsp3) is 0.625. The third-order valence-electron chi connectivity index (χ3n) is 2.14. The van der Waals surface area contributed by atoms with Crippen LogP contribution in [0.25, 0.3) is 0 Å². The van der Waals surface area contributed by atoms with Crippen molar-refractivity contribution in [3.8, 4) is 0 Å². The first-order chi connectivity index (χ1) is 5.55. The normalized spacial score (nSPS) is 29.5. The van der Waals surface area contributed by atoms with E-state index in [0.717, 1.165) is 0 Å². The van der Waals surface area contributed by atoms with E-state index in [0.29, 0.717) is 11.1 Å². The van der Waals surface area contributed by atoms with Crippen LogP contribution in [0.5, 0.6) is 0 Å². The van der Waals surface area contributed by atoms with Gasteiger partial charge in [-0.2, -0.15) is 0 Å². The largest absolute Gasteiger partial charge is 0.426 e. The number of ether oxygens (including phenoxy) is 2. The smallest absolute Gasteiger partial charge is 0.336 e. The Bertz CT molecular complexity index is 243. The van der Waals surface area contributed by atoms with Crippen LogP contribution in [-0.2, 0) is 14.3 Å². The van der Waals surface area contributed by atoms with Crippen molar-refractivity contribution >= 4 is 5.97 Å². The van der Waals surface area contributed by atoms with Crippen molar-refractivity contribution in [3.05, 3.63) is 11.1 Å². The fourth-order valence-electron chi connectivity index (χ4n) is 1.21. The Hall–Kier alpha value is -0.870. The van der Waals surface area contributed by atoms with Gasteiger partial charge in [-0.25, -0.2) is 4.79 Å². The highest BCUT2D eigenvalue weighted by atomic mass is 16.7. The molecule has 1 atom stereocenters. The zero-order chi connectivity index (χ0) is 9.35.